The van der Waals surface area contributed by atoms with Crippen LogP contribution in [0.4, 0.5) is 0 Å². The molecular formula is C9H19NO4S. The molecule has 1 atom stereocenters. The van der Waals surface area contributed by atoms with Gasteiger partial charge < -0.3 is 9.47 Å². The van der Waals surface area contributed by atoms with E-state index in [0.717, 1.165) is 6.54 Å². The highest BCUT2D eigenvalue weighted by Gasteiger charge is 2.20. The lowest BCUT2D eigenvalue weighted by Crippen LogP contribution is -2.42. The third-order valence-electron chi connectivity index (χ3n) is 2.53. The predicted octanol–water partition coefficient (Wildman–Crippen LogP) is -0.274. The van der Waals surface area contributed by atoms with E-state index >= 15 is 0 Å². The van der Waals surface area contributed by atoms with Gasteiger partial charge in [-0.3, -0.25) is 4.90 Å². The first-order chi connectivity index (χ1) is 7.03. The van der Waals surface area contributed by atoms with Crippen molar-refractivity contribution in [3.63, 3.8) is 0 Å². The van der Waals surface area contributed by atoms with E-state index in [4.69, 9.17) is 9.47 Å². The Morgan fingerprint density at radius 2 is 1.93 bits per heavy atom. The molecule has 1 fully saturated rings. The highest BCUT2D eigenvalue weighted by Crippen LogP contribution is 2.03. The third kappa shape index (κ3) is 4.92. The van der Waals surface area contributed by atoms with E-state index in [-0.39, 0.29) is 17.8 Å². The van der Waals surface area contributed by atoms with Gasteiger partial charge in [-0.25, -0.2) is 8.42 Å². The van der Waals surface area contributed by atoms with Gasteiger partial charge in [-0.15, -0.1) is 0 Å². The van der Waals surface area contributed by atoms with Gasteiger partial charge in [0, 0.05) is 26.7 Å². The Hall–Kier alpha value is -0.170. The molecule has 1 heterocycles. The van der Waals surface area contributed by atoms with Crippen molar-refractivity contribution in [2.24, 2.45) is 0 Å². The van der Waals surface area contributed by atoms with Crippen molar-refractivity contribution < 1.29 is 17.9 Å². The van der Waals surface area contributed by atoms with Crippen LogP contribution in [0.3, 0.4) is 0 Å². The molecule has 1 saturated heterocycles. The highest BCUT2D eigenvalue weighted by molar-refractivity contribution is 7.91. The summed E-state index contributed by atoms with van der Waals surface area (Å²) < 4.78 is 32.6. The van der Waals surface area contributed by atoms with Gasteiger partial charge in [0.2, 0.25) is 0 Å². The van der Waals surface area contributed by atoms with Crippen molar-refractivity contribution in [3.05, 3.63) is 0 Å². The van der Waals surface area contributed by atoms with Crippen LogP contribution in [0.15, 0.2) is 0 Å². The van der Waals surface area contributed by atoms with Crippen molar-refractivity contribution >= 4 is 9.84 Å². The smallest absolute Gasteiger partial charge is 0.154 e. The van der Waals surface area contributed by atoms with Crippen LogP contribution < -0.4 is 0 Å². The summed E-state index contributed by atoms with van der Waals surface area (Å²) in [4.78, 5) is 2.10. The third-order valence-corrected chi connectivity index (χ3v) is 4.14. The molecule has 0 radical (unpaired) electrons. The normalized spacial score (nSPS) is 23.9. The number of nitrogens with zero attached hydrogens (tertiary/aromatic N) is 1. The van der Waals surface area contributed by atoms with Crippen molar-refractivity contribution in [1.82, 2.24) is 4.90 Å². The fourth-order valence-electron chi connectivity index (χ4n) is 1.39. The van der Waals surface area contributed by atoms with E-state index in [0.29, 0.717) is 19.7 Å². The predicted molar refractivity (Wildman–Crippen MR) is 57.5 cm³/mol. The Labute approximate surface area is 91.3 Å². The maximum atomic E-state index is 11.1. The molecule has 1 rings (SSSR count). The van der Waals surface area contributed by atoms with E-state index in [2.05, 4.69) is 4.90 Å². The number of rotatable bonds is 5. The average molecular weight is 237 g/mol. The Kier molecular flexibility index (Phi) is 4.98. The molecule has 0 aliphatic carbocycles. The Balaban J connectivity index is 2.14. The van der Waals surface area contributed by atoms with Gasteiger partial charge in [-0.2, -0.15) is 0 Å². The molecule has 1 aliphatic heterocycles. The van der Waals surface area contributed by atoms with Crippen molar-refractivity contribution in [3.8, 4) is 0 Å². The van der Waals surface area contributed by atoms with Gasteiger partial charge in [-0.05, 0) is 6.92 Å². The molecule has 0 aromatic carbocycles. The number of hydrogen-bond acceptors (Lipinski definition) is 5. The van der Waals surface area contributed by atoms with Gasteiger partial charge in [0.15, 0.2) is 16.1 Å². The summed E-state index contributed by atoms with van der Waals surface area (Å²) in [6.45, 7) is 4.42. The fourth-order valence-corrected chi connectivity index (χ4v) is 2.67. The first-order valence-electron chi connectivity index (χ1n) is 5.11. The zero-order valence-electron chi connectivity index (χ0n) is 9.31. The molecule has 0 bridgehead atoms. The lowest BCUT2D eigenvalue weighted by Gasteiger charge is -2.26. The molecule has 0 aromatic heterocycles. The van der Waals surface area contributed by atoms with Crippen LogP contribution in [-0.2, 0) is 19.3 Å². The number of sulfone groups is 1. The maximum absolute atomic E-state index is 11.1. The van der Waals surface area contributed by atoms with E-state index in [9.17, 15) is 8.42 Å². The Morgan fingerprint density at radius 3 is 2.47 bits per heavy atom. The van der Waals surface area contributed by atoms with Crippen LogP contribution in [0.2, 0.25) is 0 Å². The van der Waals surface area contributed by atoms with Crippen LogP contribution in [-0.4, -0.2) is 64.5 Å². The van der Waals surface area contributed by atoms with Gasteiger partial charge >= 0.3 is 0 Å². The Morgan fingerprint density at radius 1 is 1.33 bits per heavy atom. The minimum atomic E-state index is -2.77. The molecule has 5 nitrogen and oxygen atoms in total. The zero-order chi connectivity index (χ0) is 11.3. The molecule has 0 saturated carbocycles. The molecule has 0 N–H and O–H groups in total. The fraction of sp³-hybridized carbons (Fsp3) is 1.00. The number of hydrogen-bond donors (Lipinski definition) is 0. The first-order valence-corrected chi connectivity index (χ1v) is 6.93. The van der Waals surface area contributed by atoms with Crippen molar-refractivity contribution in [2.75, 3.05) is 44.9 Å². The van der Waals surface area contributed by atoms with E-state index in [1.807, 2.05) is 6.92 Å². The SMILES string of the molecule is COC(C)OCCN1CCS(=O)(=O)CC1. The molecular weight excluding hydrogens is 218 g/mol. The summed E-state index contributed by atoms with van der Waals surface area (Å²) in [6.07, 6.45) is -0.196. The largest absolute Gasteiger partial charge is 0.356 e. The van der Waals surface area contributed by atoms with Crippen LogP contribution >= 0.6 is 0 Å². The molecule has 0 amide bonds. The summed E-state index contributed by atoms with van der Waals surface area (Å²) in [5.74, 6) is 0.541. The van der Waals surface area contributed by atoms with Gasteiger partial charge in [-0.1, -0.05) is 0 Å². The monoisotopic (exact) mass is 237 g/mol. The molecule has 90 valence electrons. The average Bonchev–Trinajstić information content (AvgIpc) is 2.20. The van der Waals surface area contributed by atoms with Crippen molar-refractivity contribution in [2.45, 2.75) is 13.2 Å². The van der Waals surface area contributed by atoms with Gasteiger partial charge in [0.05, 0.1) is 18.1 Å². The van der Waals surface area contributed by atoms with Crippen molar-refractivity contribution in [1.29, 1.82) is 0 Å². The maximum Gasteiger partial charge on any atom is 0.154 e. The summed E-state index contributed by atoms with van der Waals surface area (Å²) in [5.41, 5.74) is 0. The standard InChI is InChI=1S/C9H19NO4S/c1-9(13-2)14-6-3-10-4-7-15(11,12)8-5-10/h9H,3-8H2,1-2H3. The second kappa shape index (κ2) is 5.79. The Bertz CT molecular complexity index is 264. The summed E-state index contributed by atoms with van der Waals surface area (Å²) in [7, 11) is -1.17. The number of ether oxygens (including phenoxy) is 2. The van der Waals surface area contributed by atoms with Gasteiger partial charge in [0.25, 0.3) is 0 Å². The second-order valence-corrected chi connectivity index (χ2v) is 5.97. The minimum Gasteiger partial charge on any atom is -0.356 e. The zero-order valence-corrected chi connectivity index (χ0v) is 10.1. The summed E-state index contributed by atoms with van der Waals surface area (Å²) >= 11 is 0. The van der Waals surface area contributed by atoms with Crippen LogP contribution in [0.5, 0.6) is 0 Å². The van der Waals surface area contributed by atoms with E-state index < -0.39 is 9.84 Å². The number of methoxy groups -OCH3 is 1. The van der Waals surface area contributed by atoms with Crippen LogP contribution in [0.1, 0.15) is 6.92 Å². The quantitative estimate of drug-likeness (QED) is 0.616. The minimum absolute atomic E-state index is 0.196. The molecule has 0 spiro atoms. The van der Waals surface area contributed by atoms with E-state index in [1.165, 1.54) is 0 Å². The topological polar surface area (TPSA) is 55.8 Å². The molecule has 1 aliphatic rings. The molecule has 6 heteroatoms. The summed E-state index contributed by atoms with van der Waals surface area (Å²) in [6, 6.07) is 0. The lowest BCUT2D eigenvalue weighted by atomic mass is 10.5. The highest BCUT2D eigenvalue weighted by atomic mass is 32.2. The first kappa shape index (κ1) is 12.9. The summed E-state index contributed by atoms with van der Waals surface area (Å²) in [5, 5.41) is 0. The second-order valence-electron chi connectivity index (χ2n) is 3.67. The van der Waals surface area contributed by atoms with Gasteiger partial charge in [0.1, 0.15) is 0 Å². The van der Waals surface area contributed by atoms with Crippen LogP contribution in [0.25, 0.3) is 0 Å². The molecule has 1 unspecified atom stereocenters. The van der Waals surface area contributed by atoms with E-state index in [1.54, 1.807) is 7.11 Å². The molecule has 0 aromatic rings. The molecule has 15 heavy (non-hydrogen) atoms. The lowest BCUT2D eigenvalue weighted by molar-refractivity contribution is -0.113. The van der Waals surface area contributed by atoms with Crippen LogP contribution in [0, 0.1) is 0 Å².